The van der Waals surface area contributed by atoms with Gasteiger partial charge in [-0.3, -0.25) is 4.68 Å². The van der Waals surface area contributed by atoms with Crippen LogP contribution in [0.2, 0.25) is 5.02 Å². The average Bonchev–Trinajstić information content (AvgIpc) is 2.66. The Bertz CT molecular complexity index is 327. The molecule has 0 radical (unpaired) electrons. The van der Waals surface area contributed by atoms with Crippen molar-refractivity contribution < 1.29 is 4.74 Å². The van der Waals surface area contributed by atoms with Crippen molar-refractivity contribution in [1.29, 1.82) is 0 Å². The molecule has 0 aliphatic heterocycles. The van der Waals surface area contributed by atoms with E-state index in [4.69, 9.17) is 16.3 Å². The highest BCUT2D eigenvalue weighted by molar-refractivity contribution is 6.31. The average molecular weight is 246 g/mol. The first-order valence-electron chi connectivity index (χ1n) is 5.63. The molecule has 2 unspecified atom stereocenters. The van der Waals surface area contributed by atoms with Gasteiger partial charge in [-0.05, 0) is 20.4 Å². The third-order valence-corrected chi connectivity index (χ3v) is 2.98. The highest BCUT2D eigenvalue weighted by atomic mass is 35.5. The lowest BCUT2D eigenvalue weighted by atomic mass is 10.1. The van der Waals surface area contributed by atoms with Crippen LogP contribution >= 0.6 is 11.6 Å². The van der Waals surface area contributed by atoms with Crippen molar-refractivity contribution in [3.05, 3.63) is 16.9 Å². The summed E-state index contributed by atoms with van der Waals surface area (Å²) in [4.78, 5) is 0. The Balaban J connectivity index is 3.03. The Kier molecular flexibility index (Phi) is 5.25. The number of nitrogens with one attached hydrogen (secondary N) is 1. The number of hydrogen-bond donors (Lipinski definition) is 1. The van der Waals surface area contributed by atoms with Gasteiger partial charge in [-0.2, -0.15) is 5.10 Å². The van der Waals surface area contributed by atoms with Gasteiger partial charge in [0, 0.05) is 13.7 Å². The van der Waals surface area contributed by atoms with Gasteiger partial charge in [-0.1, -0.05) is 18.5 Å². The molecule has 2 atom stereocenters. The number of methoxy groups -OCH3 is 1. The van der Waals surface area contributed by atoms with Gasteiger partial charge in [0.15, 0.2) is 0 Å². The highest BCUT2D eigenvalue weighted by Gasteiger charge is 2.24. The molecule has 1 aromatic heterocycles. The van der Waals surface area contributed by atoms with Crippen LogP contribution in [0.4, 0.5) is 0 Å². The van der Waals surface area contributed by atoms with Crippen LogP contribution < -0.4 is 5.32 Å². The van der Waals surface area contributed by atoms with Crippen LogP contribution in [-0.4, -0.2) is 29.5 Å². The summed E-state index contributed by atoms with van der Waals surface area (Å²) < 4.78 is 7.29. The summed E-state index contributed by atoms with van der Waals surface area (Å²) in [5.41, 5.74) is 1.00. The number of aryl methyl sites for hydroxylation is 1. The van der Waals surface area contributed by atoms with Crippen molar-refractivity contribution in [2.45, 2.75) is 39.5 Å². The Morgan fingerprint density at radius 2 is 2.25 bits per heavy atom. The van der Waals surface area contributed by atoms with Gasteiger partial charge in [0.2, 0.25) is 0 Å². The van der Waals surface area contributed by atoms with E-state index in [-0.39, 0.29) is 12.1 Å². The Labute approximate surface area is 102 Å². The van der Waals surface area contributed by atoms with Gasteiger partial charge in [0.1, 0.15) is 0 Å². The number of hydrogen-bond acceptors (Lipinski definition) is 3. The third-order valence-electron chi connectivity index (χ3n) is 2.69. The standard InChI is InChI=1S/C11H20ClN3O/c1-5-13-10(8(3)16-4)11-9(12)7-14-15(11)6-2/h7-8,10,13H,5-6H2,1-4H3. The molecule has 0 fully saturated rings. The Hall–Kier alpha value is -0.580. The summed E-state index contributed by atoms with van der Waals surface area (Å²) in [7, 11) is 1.70. The molecule has 4 nitrogen and oxygen atoms in total. The predicted molar refractivity (Wildman–Crippen MR) is 65.8 cm³/mol. The van der Waals surface area contributed by atoms with Gasteiger partial charge in [0.25, 0.3) is 0 Å². The minimum Gasteiger partial charge on any atom is -0.380 e. The lowest BCUT2D eigenvalue weighted by molar-refractivity contribution is 0.0806. The minimum absolute atomic E-state index is 0.0550. The highest BCUT2D eigenvalue weighted by Crippen LogP contribution is 2.26. The van der Waals surface area contributed by atoms with E-state index in [1.54, 1.807) is 13.3 Å². The molecule has 16 heavy (non-hydrogen) atoms. The lowest BCUT2D eigenvalue weighted by Gasteiger charge is -2.24. The van der Waals surface area contributed by atoms with E-state index in [1.165, 1.54) is 0 Å². The molecule has 0 aliphatic carbocycles. The first-order valence-corrected chi connectivity index (χ1v) is 6.00. The van der Waals surface area contributed by atoms with Crippen molar-refractivity contribution in [3.8, 4) is 0 Å². The molecule has 92 valence electrons. The third kappa shape index (κ3) is 2.75. The van der Waals surface area contributed by atoms with E-state index in [2.05, 4.69) is 17.3 Å². The van der Waals surface area contributed by atoms with Gasteiger partial charge in [-0.25, -0.2) is 0 Å². The van der Waals surface area contributed by atoms with E-state index < -0.39 is 0 Å². The van der Waals surface area contributed by atoms with Crippen LogP contribution in [0.15, 0.2) is 6.20 Å². The van der Waals surface area contributed by atoms with Gasteiger partial charge in [0.05, 0.1) is 29.1 Å². The zero-order chi connectivity index (χ0) is 12.1. The van der Waals surface area contributed by atoms with E-state index >= 15 is 0 Å². The van der Waals surface area contributed by atoms with E-state index in [9.17, 15) is 0 Å². The first-order chi connectivity index (χ1) is 7.65. The van der Waals surface area contributed by atoms with E-state index in [1.807, 2.05) is 18.5 Å². The number of ether oxygens (including phenoxy) is 1. The number of nitrogens with zero attached hydrogens (tertiary/aromatic N) is 2. The molecule has 1 rings (SSSR count). The summed E-state index contributed by atoms with van der Waals surface area (Å²) in [5.74, 6) is 0. The van der Waals surface area contributed by atoms with Crippen LogP contribution in [0.25, 0.3) is 0 Å². The van der Waals surface area contributed by atoms with Crippen LogP contribution in [0.1, 0.15) is 32.5 Å². The maximum Gasteiger partial charge on any atom is 0.0835 e. The van der Waals surface area contributed by atoms with Crippen LogP contribution in [0.3, 0.4) is 0 Å². The summed E-state index contributed by atoms with van der Waals surface area (Å²) in [6, 6.07) is 0.0740. The number of halogens is 1. The SMILES string of the molecule is CCNC(c1c(Cl)cnn1CC)C(C)OC. The summed E-state index contributed by atoms with van der Waals surface area (Å²) in [6.45, 7) is 7.81. The van der Waals surface area contributed by atoms with E-state index in [0.717, 1.165) is 18.8 Å². The van der Waals surface area contributed by atoms with Gasteiger partial charge in [-0.15, -0.1) is 0 Å². The summed E-state index contributed by atoms with van der Waals surface area (Å²) in [6.07, 6.45) is 1.74. The monoisotopic (exact) mass is 245 g/mol. The van der Waals surface area contributed by atoms with Crippen LogP contribution in [-0.2, 0) is 11.3 Å². The number of likely N-dealkylation sites (N-methyl/N-ethyl adjacent to an activating group) is 1. The number of aromatic nitrogens is 2. The smallest absolute Gasteiger partial charge is 0.0835 e. The predicted octanol–water partition coefficient (Wildman–Crippen LogP) is 2.24. The molecular weight excluding hydrogens is 226 g/mol. The maximum atomic E-state index is 6.18. The second kappa shape index (κ2) is 6.23. The van der Waals surface area contributed by atoms with E-state index in [0.29, 0.717) is 5.02 Å². The molecule has 5 heteroatoms. The molecule has 1 heterocycles. The fraction of sp³-hybridized carbons (Fsp3) is 0.727. The fourth-order valence-corrected chi connectivity index (χ4v) is 2.03. The second-order valence-electron chi connectivity index (χ2n) is 3.67. The molecule has 0 spiro atoms. The molecule has 0 amide bonds. The maximum absolute atomic E-state index is 6.18. The molecule has 0 aliphatic rings. The second-order valence-corrected chi connectivity index (χ2v) is 4.08. The molecule has 0 saturated heterocycles. The molecule has 0 bridgehead atoms. The Morgan fingerprint density at radius 3 is 2.75 bits per heavy atom. The van der Waals surface area contributed by atoms with Crippen molar-refractivity contribution in [1.82, 2.24) is 15.1 Å². The summed E-state index contributed by atoms with van der Waals surface area (Å²) in [5, 5.41) is 8.32. The fourth-order valence-electron chi connectivity index (χ4n) is 1.77. The quantitative estimate of drug-likeness (QED) is 0.836. The van der Waals surface area contributed by atoms with Crippen molar-refractivity contribution in [3.63, 3.8) is 0 Å². The van der Waals surface area contributed by atoms with Crippen LogP contribution in [0.5, 0.6) is 0 Å². The van der Waals surface area contributed by atoms with Crippen molar-refractivity contribution in [2.24, 2.45) is 0 Å². The summed E-state index contributed by atoms with van der Waals surface area (Å²) >= 11 is 6.18. The zero-order valence-corrected chi connectivity index (χ0v) is 11.1. The topological polar surface area (TPSA) is 39.1 Å². The number of rotatable bonds is 6. The largest absolute Gasteiger partial charge is 0.380 e. The van der Waals surface area contributed by atoms with Crippen molar-refractivity contribution >= 4 is 11.6 Å². The Morgan fingerprint density at radius 1 is 1.56 bits per heavy atom. The first kappa shape index (κ1) is 13.5. The molecule has 1 aromatic rings. The van der Waals surface area contributed by atoms with Crippen molar-refractivity contribution in [2.75, 3.05) is 13.7 Å². The minimum atomic E-state index is 0.0550. The van der Waals surface area contributed by atoms with Crippen LogP contribution in [0, 0.1) is 0 Å². The normalized spacial score (nSPS) is 15.1. The molecular formula is C11H20ClN3O. The lowest BCUT2D eigenvalue weighted by Crippen LogP contribution is -2.33. The van der Waals surface area contributed by atoms with Gasteiger partial charge < -0.3 is 10.1 Å². The zero-order valence-electron chi connectivity index (χ0n) is 10.3. The van der Waals surface area contributed by atoms with Gasteiger partial charge >= 0.3 is 0 Å². The molecule has 0 aromatic carbocycles. The molecule has 0 saturated carbocycles. The molecule has 1 N–H and O–H groups in total.